The van der Waals surface area contributed by atoms with Gasteiger partial charge in [0, 0.05) is 23.3 Å². The van der Waals surface area contributed by atoms with Crippen molar-refractivity contribution in [2.24, 2.45) is 0 Å². The van der Waals surface area contributed by atoms with Gasteiger partial charge in [-0.1, -0.05) is 18.5 Å². The van der Waals surface area contributed by atoms with E-state index < -0.39 is 29.9 Å². The molecule has 2 rings (SSSR count). The highest BCUT2D eigenvalue weighted by atomic mass is 35.5. The Hall–Kier alpha value is -3.01. The maximum absolute atomic E-state index is 13.4. The molecule has 11 heteroatoms. The van der Waals surface area contributed by atoms with E-state index in [0.29, 0.717) is 13.0 Å². The van der Waals surface area contributed by atoms with Gasteiger partial charge in [-0.25, -0.2) is 9.18 Å². The number of hydrogen-bond acceptors (Lipinski definition) is 3. The lowest BCUT2D eigenvalue weighted by atomic mass is 10.1. The molecule has 2 aromatic carbocycles. The quantitative estimate of drug-likeness (QED) is 0.550. The van der Waals surface area contributed by atoms with E-state index >= 15 is 0 Å². The molecular formula is C18H16ClF4N3O3. The van der Waals surface area contributed by atoms with Crippen molar-refractivity contribution in [2.75, 3.05) is 17.2 Å². The standard InChI is InChI=1S/C18H16ClF4N3O3/c1-2-5-24-16(27)14-4-3-13(29-18(21,22)23)9-15(14)26-17(28)25-12-7-10(19)6-11(20)8-12/h3-4,6-9H,2,5H2,1H3,(H,24,27)(H2,25,26,28). The minimum Gasteiger partial charge on any atom is -0.406 e. The number of ether oxygens (including phenoxy) is 1. The Kier molecular flexibility index (Phi) is 7.27. The van der Waals surface area contributed by atoms with Crippen LogP contribution < -0.4 is 20.7 Å². The highest BCUT2D eigenvalue weighted by Crippen LogP contribution is 2.28. The number of rotatable bonds is 6. The maximum atomic E-state index is 13.4. The van der Waals surface area contributed by atoms with Gasteiger partial charge >= 0.3 is 12.4 Å². The fourth-order valence-electron chi connectivity index (χ4n) is 2.27. The number of carbonyl (C=O) groups is 2. The summed E-state index contributed by atoms with van der Waals surface area (Å²) in [6, 6.07) is 5.24. The van der Waals surface area contributed by atoms with Crippen molar-refractivity contribution < 1.29 is 31.9 Å². The minimum atomic E-state index is -4.95. The molecule has 0 atom stereocenters. The summed E-state index contributed by atoms with van der Waals surface area (Å²) in [7, 11) is 0. The Morgan fingerprint density at radius 1 is 1.10 bits per heavy atom. The van der Waals surface area contributed by atoms with Gasteiger partial charge in [0.2, 0.25) is 0 Å². The molecule has 0 unspecified atom stereocenters. The Labute approximate surface area is 168 Å². The number of alkyl halides is 3. The molecule has 0 aliphatic heterocycles. The number of halogens is 5. The number of nitrogens with one attached hydrogen (secondary N) is 3. The van der Waals surface area contributed by atoms with Crippen molar-refractivity contribution in [1.29, 1.82) is 0 Å². The van der Waals surface area contributed by atoms with Crippen LogP contribution in [0, 0.1) is 5.82 Å². The average Bonchev–Trinajstić information content (AvgIpc) is 2.57. The van der Waals surface area contributed by atoms with Crippen LogP contribution in [-0.4, -0.2) is 24.8 Å². The fourth-order valence-corrected chi connectivity index (χ4v) is 2.49. The van der Waals surface area contributed by atoms with Crippen molar-refractivity contribution in [3.63, 3.8) is 0 Å². The van der Waals surface area contributed by atoms with E-state index in [1.165, 1.54) is 6.07 Å². The lowest BCUT2D eigenvalue weighted by Crippen LogP contribution is -2.27. The summed E-state index contributed by atoms with van der Waals surface area (Å²) in [5.41, 5.74) is -0.312. The zero-order chi connectivity index (χ0) is 21.6. The molecule has 3 N–H and O–H groups in total. The van der Waals surface area contributed by atoms with Crippen molar-refractivity contribution in [3.8, 4) is 5.75 Å². The maximum Gasteiger partial charge on any atom is 0.573 e. The summed E-state index contributed by atoms with van der Waals surface area (Å²) in [5.74, 6) is -1.93. The van der Waals surface area contributed by atoms with Gasteiger partial charge in [-0.15, -0.1) is 13.2 Å². The predicted molar refractivity (Wildman–Crippen MR) is 99.8 cm³/mol. The molecule has 0 aliphatic carbocycles. The predicted octanol–water partition coefficient (Wildman–Crippen LogP) is 5.16. The molecule has 0 bridgehead atoms. The van der Waals surface area contributed by atoms with E-state index in [1.807, 2.05) is 6.92 Å². The Morgan fingerprint density at radius 2 is 1.83 bits per heavy atom. The van der Waals surface area contributed by atoms with Crippen LogP contribution in [0.25, 0.3) is 0 Å². The SMILES string of the molecule is CCCNC(=O)c1ccc(OC(F)(F)F)cc1NC(=O)Nc1cc(F)cc(Cl)c1. The van der Waals surface area contributed by atoms with Crippen LogP contribution in [-0.2, 0) is 0 Å². The first-order valence-electron chi connectivity index (χ1n) is 8.29. The van der Waals surface area contributed by atoms with Crippen molar-refractivity contribution >= 4 is 34.9 Å². The first kappa shape index (κ1) is 22.3. The molecular weight excluding hydrogens is 418 g/mol. The van der Waals surface area contributed by atoms with Gasteiger partial charge in [0.25, 0.3) is 5.91 Å². The first-order chi connectivity index (χ1) is 13.6. The highest BCUT2D eigenvalue weighted by Gasteiger charge is 2.31. The van der Waals surface area contributed by atoms with Crippen LogP contribution in [0.3, 0.4) is 0 Å². The number of anilines is 2. The van der Waals surface area contributed by atoms with Crippen molar-refractivity contribution in [1.82, 2.24) is 5.32 Å². The average molecular weight is 434 g/mol. The topological polar surface area (TPSA) is 79.5 Å². The third-order valence-electron chi connectivity index (χ3n) is 3.37. The van der Waals surface area contributed by atoms with E-state index in [0.717, 1.165) is 30.3 Å². The Bertz CT molecular complexity index is 886. The van der Waals surface area contributed by atoms with Crippen LogP contribution in [0.2, 0.25) is 5.02 Å². The van der Waals surface area contributed by atoms with E-state index in [2.05, 4.69) is 20.7 Å². The summed E-state index contributed by atoms with van der Waals surface area (Å²) in [6.07, 6.45) is -4.32. The van der Waals surface area contributed by atoms with Gasteiger partial charge < -0.3 is 20.7 Å². The van der Waals surface area contributed by atoms with E-state index in [9.17, 15) is 27.2 Å². The third kappa shape index (κ3) is 7.15. The molecule has 0 saturated carbocycles. The van der Waals surface area contributed by atoms with Crippen LogP contribution in [0.5, 0.6) is 5.75 Å². The van der Waals surface area contributed by atoms with Crippen LogP contribution in [0.1, 0.15) is 23.7 Å². The third-order valence-corrected chi connectivity index (χ3v) is 3.59. The molecule has 156 valence electrons. The van der Waals surface area contributed by atoms with E-state index in [-0.39, 0.29) is 22.0 Å². The fraction of sp³-hybridized carbons (Fsp3) is 0.222. The van der Waals surface area contributed by atoms with Gasteiger partial charge in [0.15, 0.2) is 0 Å². The number of benzene rings is 2. The first-order valence-corrected chi connectivity index (χ1v) is 8.67. The number of carbonyl (C=O) groups excluding carboxylic acids is 2. The lowest BCUT2D eigenvalue weighted by Gasteiger charge is -2.15. The van der Waals surface area contributed by atoms with E-state index in [1.54, 1.807) is 0 Å². The van der Waals surface area contributed by atoms with Gasteiger partial charge in [0.05, 0.1) is 11.3 Å². The summed E-state index contributed by atoms with van der Waals surface area (Å²) in [5, 5.41) is 7.12. The van der Waals surface area contributed by atoms with Gasteiger partial charge in [0.1, 0.15) is 11.6 Å². The monoisotopic (exact) mass is 433 g/mol. The second kappa shape index (κ2) is 9.46. The Morgan fingerprint density at radius 3 is 2.45 bits per heavy atom. The molecule has 3 amide bonds. The number of urea groups is 1. The second-order valence-electron chi connectivity index (χ2n) is 5.75. The molecule has 0 spiro atoms. The van der Waals surface area contributed by atoms with Gasteiger partial charge in [-0.05, 0) is 36.8 Å². The molecule has 6 nitrogen and oxygen atoms in total. The van der Waals surface area contributed by atoms with Crippen molar-refractivity contribution in [3.05, 3.63) is 52.8 Å². The normalized spacial score (nSPS) is 11.0. The zero-order valence-corrected chi connectivity index (χ0v) is 15.7. The number of amides is 3. The molecule has 0 saturated heterocycles. The summed E-state index contributed by atoms with van der Waals surface area (Å²) < 4.78 is 54.6. The molecule has 0 fully saturated rings. The molecule has 2 aromatic rings. The van der Waals surface area contributed by atoms with Gasteiger partial charge in [-0.3, -0.25) is 4.79 Å². The van der Waals surface area contributed by atoms with Crippen molar-refractivity contribution in [2.45, 2.75) is 19.7 Å². The molecule has 0 radical (unpaired) electrons. The zero-order valence-electron chi connectivity index (χ0n) is 15.0. The second-order valence-corrected chi connectivity index (χ2v) is 6.18. The summed E-state index contributed by atoms with van der Waals surface area (Å²) >= 11 is 5.70. The molecule has 0 aliphatic rings. The smallest absolute Gasteiger partial charge is 0.406 e. The molecule has 0 aromatic heterocycles. The highest BCUT2D eigenvalue weighted by molar-refractivity contribution is 6.31. The van der Waals surface area contributed by atoms with Crippen LogP contribution in [0.15, 0.2) is 36.4 Å². The largest absolute Gasteiger partial charge is 0.573 e. The Balaban J connectivity index is 2.27. The minimum absolute atomic E-state index is 0.00665. The summed E-state index contributed by atoms with van der Waals surface area (Å²) in [6.45, 7) is 2.14. The van der Waals surface area contributed by atoms with Gasteiger partial charge in [-0.2, -0.15) is 0 Å². The lowest BCUT2D eigenvalue weighted by molar-refractivity contribution is -0.274. The summed E-state index contributed by atoms with van der Waals surface area (Å²) in [4.78, 5) is 24.4. The van der Waals surface area contributed by atoms with Crippen LogP contribution >= 0.6 is 11.6 Å². The van der Waals surface area contributed by atoms with E-state index in [4.69, 9.17) is 11.6 Å². The number of hydrogen-bond donors (Lipinski definition) is 3. The molecule has 29 heavy (non-hydrogen) atoms. The molecule has 0 heterocycles. The van der Waals surface area contributed by atoms with Crippen LogP contribution in [0.4, 0.5) is 33.7 Å².